The van der Waals surface area contributed by atoms with E-state index >= 15 is 0 Å². The Kier molecular flexibility index (Phi) is 5.22. The number of carbonyl (C=O) groups is 1. The van der Waals surface area contributed by atoms with Crippen molar-refractivity contribution in [1.29, 1.82) is 0 Å². The van der Waals surface area contributed by atoms with Crippen molar-refractivity contribution >= 4 is 34.5 Å². The maximum Gasteiger partial charge on any atom is 0.244 e. The number of hydrazone groups is 1. The zero-order chi connectivity index (χ0) is 19.3. The van der Waals surface area contributed by atoms with Crippen LogP contribution in [0.25, 0.3) is 22.1 Å². The smallest absolute Gasteiger partial charge is 0.244 e. The van der Waals surface area contributed by atoms with Crippen LogP contribution in [-0.4, -0.2) is 12.1 Å². The molecule has 138 valence electrons. The molecule has 1 heterocycles. The van der Waals surface area contributed by atoms with Gasteiger partial charge in [-0.1, -0.05) is 66.2 Å². The lowest BCUT2D eigenvalue weighted by Gasteiger charge is -2.05. The SMILES string of the molecule is O=C(Cc1cccc2ccccc12)N/N=C\c1ccc(-c2ccccc2Cl)o1. The molecule has 0 fully saturated rings. The van der Waals surface area contributed by atoms with Gasteiger partial charge < -0.3 is 4.42 Å². The van der Waals surface area contributed by atoms with E-state index in [9.17, 15) is 4.79 Å². The minimum absolute atomic E-state index is 0.189. The lowest BCUT2D eigenvalue weighted by atomic mass is 10.0. The number of hydrogen-bond donors (Lipinski definition) is 1. The van der Waals surface area contributed by atoms with E-state index in [0.717, 1.165) is 21.9 Å². The Bertz CT molecular complexity index is 1160. The maximum atomic E-state index is 12.2. The fourth-order valence-corrected chi connectivity index (χ4v) is 3.28. The van der Waals surface area contributed by atoms with Crippen molar-refractivity contribution in [2.75, 3.05) is 0 Å². The molecule has 0 radical (unpaired) electrons. The minimum Gasteiger partial charge on any atom is -0.455 e. The van der Waals surface area contributed by atoms with Gasteiger partial charge in [-0.25, -0.2) is 5.43 Å². The summed E-state index contributed by atoms with van der Waals surface area (Å²) < 4.78 is 5.72. The monoisotopic (exact) mass is 388 g/mol. The first-order valence-electron chi connectivity index (χ1n) is 8.84. The Morgan fingerprint density at radius 3 is 2.64 bits per heavy atom. The third-order valence-corrected chi connectivity index (χ3v) is 4.71. The van der Waals surface area contributed by atoms with Gasteiger partial charge in [0.1, 0.15) is 11.5 Å². The van der Waals surface area contributed by atoms with E-state index in [2.05, 4.69) is 10.5 Å². The van der Waals surface area contributed by atoms with E-state index in [0.29, 0.717) is 16.5 Å². The Morgan fingerprint density at radius 2 is 1.75 bits per heavy atom. The number of nitrogens with one attached hydrogen (secondary N) is 1. The molecule has 4 aromatic rings. The van der Waals surface area contributed by atoms with E-state index < -0.39 is 0 Å². The highest BCUT2D eigenvalue weighted by molar-refractivity contribution is 6.33. The second kappa shape index (κ2) is 8.11. The van der Waals surface area contributed by atoms with Crippen molar-refractivity contribution in [3.63, 3.8) is 0 Å². The molecule has 0 spiro atoms. The summed E-state index contributed by atoms with van der Waals surface area (Å²) >= 11 is 6.18. The zero-order valence-electron chi connectivity index (χ0n) is 14.9. The Morgan fingerprint density at radius 1 is 0.964 bits per heavy atom. The van der Waals surface area contributed by atoms with Crippen LogP contribution in [-0.2, 0) is 11.2 Å². The van der Waals surface area contributed by atoms with Gasteiger partial charge >= 0.3 is 0 Å². The molecular weight excluding hydrogens is 372 g/mol. The van der Waals surface area contributed by atoms with E-state index in [1.54, 1.807) is 12.1 Å². The minimum atomic E-state index is -0.189. The normalized spacial score (nSPS) is 11.2. The molecule has 0 unspecified atom stereocenters. The molecule has 0 atom stereocenters. The first-order chi connectivity index (χ1) is 13.7. The van der Waals surface area contributed by atoms with Gasteiger partial charge in [0.15, 0.2) is 0 Å². The van der Waals surface area contributed by atoms with Crippen LogP contribution >= 0.6 is 11.6 Å². The molecular formula is C23H17ClN2O2. The van der Waals surface area contributed by atoms with Gasteiger partial charge in [-0.3, -0.25) is 4.79 Å². The lowest BCUT2D eigenvalue weighted by Crippen LogP contribution is -2.19. The van der Waals surface area contributed by atoms with Crippen molar-refractivity contribution in [2.24, 2.45) is 5.10 Å². The summed E-state index contributed by atoms with van der Waals surface area (Å²) in [6.07, 6.45) is 1.73. The molecule has 0 bridgehead atoms. The summed E-state index contributed by atoms with van der Waals surface area (Å²) in [6, 6.07) is 25.0. The van der Waals surface area contributed by atoms with Crippen LogP contribution in [0.5, 0.6) is 0 Å². The summed E-state index contributed by atoms with van der Waals surface area (Å²) in [6.45, 7) is 0. The largest absolute Gasteiger partial charge is 0.455 e. The van der Waals surface area contributed by atoms with Crippen molar-refractivity contribution < 1.29 is 9.21 Å². The molecule has 3 aromatic carbocycles. The first-order valence-corrected chi connectivity index (χ1v) is 9.22. The predicted molar refractivity (Wildman–Crippen MR) is 113 cm³/mol. The summed E-state index contributed by atoms with van der Waals surface area (Å²) in [7, 11) is 0. The molecule has 0 aliphatic carbocycles. The summed E-state index contributed by atoms with van der Waals surface area (Å²) in [5.41, 5.74) is 4.32. The van der Waals surface area contributed by atoms with Gasteiger partial charge in [-0.05, 0) is 40.6 Å². The van der Waals surface area contributed by atoms with Gasteiger partial charge in [0.2, 0.25) is 5.91 Å². The first kappa shape index (κ1) is 18.0. The van der Waals surface area contributed by atoms with E-state index in [1.165, 1.54) is 6.21 Å². The third-order valence-electron chi connectivity index (χ3n) is 4.38. The second-order valence-electron chi connectivity index (χ2n) is 6.29. The summed E-state index contributed by atoms with van der Waals surface area (Å²) in [5, 5.41) is 6.79. The maximum absolute atomic E-state index is 12.2. The predicted octanol–water partition coefficient (Wildman–Crippen LogP) is 5.45. The third kappa shape index (κ3) is 3.97. The molecule has 28 heavy (non-hydrogen) atoms. The molecule has 4 nitrogen and oxygen atoms in total. The highest BCUT2D eigenvalue weighted by atomic mass is 35.5. The molecule has 0 aliphatic heterocycles. The molecule has 0 saturated heterocycles. The summed E-state index contributed by atoms with van der Waals surface area (Å²) in [4.78, 5) is 12.2. The van der Waals surface area contributed by atoms with Crippen LogP contribution in [0.1, 0.15) is 11.3 Å². The average Bonchev–Trinajstić information content (AvgIpc) is 3.17. The highest BCUT2D eigenvalue weighted by Gasteiger charge is 2.08. The number of halogens is 1. The van der Waals surface area contributed by atoms with Gasteiger partial charge in [0, 0.05) is 5.56 Å². The van der Waals surface area contributed by atoms with Crippen LogP contribution in [0.4, 0.5) is 0 Å². The molecule has 1 aromatic heterocycles. The number of fused-ring (bicyclic) bond motifs is 1. The molecule has 4 rings (SSSR count). The lowest BCUT2D eigenvalue weighted by molar-refractivity contribution is -0.120. The fourth-order valence-electron chi connectivity index (χ4n) is 3.06. The molecule has 1 amide bonds. The average molecular weight is 389 g/mol. The fraction of sp³-hybridized carbons (Fsp3) is 0.0435. The van der Waals surface area contributed by atoms with Crippen molar-refractivity contribution in [3.8, 4) is 11.3 Å². The molecule has 5 heteroatoms. The standard InChI is InChI=1S/C23H17ClN2O2/c24-21-11-4-3-10-20(21)22-13-12-18(28-22)15-25-26-23(27)14-17-8-5-7-16-6-1-2-9-19(16)17/h1-13,15H,14H2,(H,26,27)/b25-15-. The van der Waals surface area contributed by atoms with Gasteiger partial charge in [0.25, 0.3) is 0 Å². The van der Waals surface area contributed by atoms with Gasteiger partial charge in [-0.15, -0.1) is 0 Å². The number of rotatable bonds is 5. The zero-order valence-corrected chi connectivity index (χ0v) is 15.7. The van der Waals surface area contributed by atoms with Crippen LogP contribution in [0, 0.1) is 0 Å². The number of nitrogens with zero attached hydrogens (tertiary/aromatic N) is 1. The molecule has 1 N–H and O–H groups in total. The molecule has 0 aliphatic rings. The van der Waals surface area contributed by atoms with E-state index in [1.807, 2.05) is 66.7 Å². The van der Waals surface area contributed by atoms with E-state index in [4.69, 9.17) is 16.0 Å². The summed E-state index contributed by atoms with van der Waals surface area (Å²) in [5.74, 6) is 0.986. The number of furan rings is 1. The quantitative estimate of drug-likeness (QED) is 0.365. The number of amides is 1. The van der Waals surface area contributed by atoms with Crippen molar-refractivity contribution in [1.82, 2.24) is 5.43 Å². The Hall–Kier alpha value is -3.37. The van der Waals surface area contributed by atoms with Crippen molar-refractivity contribution in [2.45, 2.75) is 6.42 Å². The van der Waals surface area contributed by atoms with Crippen LogP contribution < -0.4 is 5.43 Å². The highest BCUT2D eigenvalue weighted by Crippen LogP contribution is 2.28. The van der Waals surface area contributed by atoms with Gasteiger partial charge in [-0.2, -0.15) is 5.10 Å². The number of carbonyl (C=O) groups excluding carboxylic acids is 1. The van der Waals surface area contributed by atoms with Crippen molar-refractivity contribution in [3.05, 3.63) is 95.2 Å². The van der Waals surface area contributed by atoms with Crippen LogP contribution in [0.15, 0.2) is 88.4 Å². The number of hydrogen-bond acceptors (Lipinski definition) is 3. The van der Waals surface area contributed by atoms with Gasteiger partial charge in [0.05, 0.1) is 17.7 Å². The topological polar surface area (TPSA) is 54.6 Å². The molecule has 0 saturated carbocycles. The van der Waals surface area contributed by atoms with E-state index in [-0.39, 0.29) is 12.3 Å². The second-order valence-corrected chi connectivity index (χ2v) is 6.70. The van der Waals surface area contributed by atoms with Crippen LogP contribution in [0.3, 0.4) is 0 Å². The Labute approximate surface area is 167 Å². The van der Waals surface area contributed by atoms with Crippen LogP contribution in [0.2, 0.25) is 5.02 Å². The Balaban J connectivity index is 1.41. The number of benzene rings is 3.